The Morgan fingerprint density at radius 2 is 2.35 bits per heavy atom. The molecule has 4 nitrogen and oxygen atoms in total. The number of rotatable bonds is 5. The second-order valence-electron chi connectivity index (χ2n) is 5.50. The van der Waals surface area contributed by atoms with Crippen molar-refractivity contribution in [1.82, 2.24) is 9.78 Å². The van der Waals surface area contributed by atoms with Crippen LogP contribution >= 0.6 is 15.9 Å². The van der Waals surface area contributed by atoms with Gasteiger partial charge in [0.15, 0.2) is 0 Å². The van der Waals surface area contributed by atoms with Crippen LogP contribution in [-0.2, 0) is 6.54 Å². The van der Waals surface area contributed by atoms with Crippen LogP contribution in [0.15, 0.2) is 28.1 Å². The maximum absolute atomic E-state index is 12.1. The van der Waals surface area contributed by atoms with Gasteiger partial charge in [0.1, 0.15) is 4.47 Å². The van der Waals surface area contributed by atoms with Crippen molar-refractivity contribution in [3.05, 3.63) is 33.7 Å². The Morgan fingerprint density at radius 1 is 1.60 bits per heavy atom. The standard InChI is InChI=1S/C15H22BrN3O/c1-4-8-19-15(20)14(16)13(9-17-19)18-12-7-6-11(5-2)10(12)3/h4,9-12,18H,1,5-8H2,2-3H3. The summed E-state index contributed by atoms with van der Waals surface area (Å²) in [6.45, 7) is 8.59. The summed E-state index contributed by atoms with van der Waals surface area (Å²) in [4.78, 5) is 12.1. The molecule has 110 valence electrons. The topological polar surface area (TPSA) is 46.9 Å². The SMILES string of the molecule is C=CCn1ncc(NC2CCC(CC)C2C)c(Br)c1=O. The zero-order chi connectivity index (χ0) is 14.7. The maximum Gasteiger partial charge on any atom is 0.283 e. The van der Waals surface area contributed by atoms with Crippen LogP contribution in [0.25, 0.3) is 0 Å². The quantitative estimate of drug-likeness (QED) is 0.836. The van der Waals surface area contributed by atoms with E-state index in [0.29, 0.717) is 23.0 Å². The molecule has 1 aromatic heterocycles. The molecule has 1 N–H and O–H groups in total. The van der Waals surface area contributed by atoms with Crippen LogP contribution in [0, 0.1) is 11.8 Å². The molecular formula is C15H22BrN3O. The summed E-state index contributed by atoms with van der Waals surface area (Å²) in [5, 5.41) is 7.66. The highest BCUT2D eigenvalue weighted by Gasteiger charge is 2.31. The molecule has 1 aliphatic carbocycles. The number of allylic oxidation sites excluding steroid dienone is 1. The zero-order valence-electron chi connectivity index (χ0n) is 12.1. The Hall–Kier alpha value is -1.10. The van der Waals surface area contributed by atoms with Crippen molar-refractivity contribution in [2.75, 3.05) is 5.32 Å². The average Bonchev–Trinajstić information content (AvgIpc) is 2.79. The van der Waals surface area contributed by atoms with Gasteiger partial charge in [-0.1, -0.05) is 26.3 Å². The van der Waals surface area contributed by atoms with Crippen molar-refractivity contribution >= 4 is 21.6 Å². The number of anilines is 1. The van der Waals surface area contributed by atoms with Crippen LogP contribution in [0.1, 0.15) is 33.1 Å². The maximum atomic E-state index is 12.1. The van der Waals surface area contributed by atoms with Crippen molar-refractivity contribution in [1.29, 1.82) is 0 Å². The lowest BCUT2D eigenvalue weighted by Crippen LogP contribution is -2.28. The van der Waals surface area contributed by atoms with E-state index in [1.807, 2.05) is 0 Å². The molecule has 0 aliphatic heterocycles. The molecule has 0 aromatic carbocycles. The van der Waals surface area contributed by atoms with E-state index in [-0.39, 0.29) is 5.56 Å². The largest absolute Gasteiger partial charge is 0.380 e. The number of nitrogens with zero attached hydrogens (tertiary/aromatic N) is 2. The minimum absolute atomic E-state index is 0.118. The Kier molecular flexibility index (Phi) is 5.02. The fraction of sp³-hybridized carbons (Fsp3) is 0.600. The van der Waals surface area contributed by atoms with E-state index in [1.54, 1.807) is 12.3 Å². The third-order valence-electron chi connectivity index (χ3n) is 4.38. The number of halogens is 1. The van der Waals surface area contributed by atoms with E-state index in [1.165, 1.54) is 17.5 Å². The minimum atomic E-state index is -0.118. The van der Waals surface area contributed by atoms with Gasteiger partial charge in [-0.25, -0.2) is 4.68 Å². The first-order valence-corrected chi connectivity index (χ1v) is 8.00. The highest BCUT2D eigenvalue weighted by atomic mass is 79.9. The molecular weight excluding hydrogens is 318 g/mol. The summed E-state index contributed by atoms with van der Waals surface area (Å²) in [7, 11) is 0. The van der Waals surface area contributed by atoms with Gasteiger partial charge in [-0.3, -0.25) is 4.79 Å². The van der Waals surface area contributed by atoms with Crippen LogP contribution in [-0.4, -0.2) is 15.8 Å². The predicted molar refractivity (Wildman–Crippen MR) is 86.0 cm³/mol. The normalized spacial score (nSPS) is 25.6. The molecule has 20 heavy (non-hydrogen) atoms. The van der Waals surface area contributed by atoms with E-state index in [9.17, 15) is 4.79 Å². The Morgan fingerprint density at radius 3 is 2.95 bits per heavy atom. The molecule has 5 heteroatoms. The third-order valence-corrected chi connectivity index (χ3v) is 5.15. The van der Waals surface area contributed by atoms with E-state index in [0.717, 1.165) is 18.0 Å². The average molecular weight is 340 g/mol. The minimum Gasteiger partial charge on any atom is -0.380 e. The van der Waals surface area contributed by atoms with Gasteiger partial charge in [-0.2, -0.15) is 5.10 Å². The molecule has 1 aromatic rings. The number of aromatic nitrogens is 2. The summed E-state index contributed by atoms with van der Waals surface area (Å²) < 4.78 is 1.95. The summed E-state index contributed by atoms with van der Waals surface area (Å²) in [5.41, 5.74) is 0.677. The molecule has 1 saturated carbocycles. The summed E-state index contributed by atoms with van der Waals surface area (Å²) in [6.07, 6.45) is 7.02. The van der Waals surface area contributed by atoms with Crippen LogP contribution in [0.4, 0.5) is 5.69 Å². The van der Waals surface area contributed by atoms with Crippen LogP contribution in [0.3, 0.4) is 0 Å². The molecule has 0 saturated heterocycles. The highest BCUT2D eigenvalue weighted by Crippen LogP contribution is 2.36. The van der Waals surface area contributed by atoms with Crippen molar-refractivity contribution in [2.24, 2.45) is 11.8 Å². The van der Waals surface area contributed by atoms with E-state index < -0.39 is 0 Å². The first-order chi connectivity index (χ1) is 9.58. The zero-order valence-corrected chi connectivity index (χ0v) is 13.7. The second-order valence-corrected chi connectivity index (χ2v) is 6.30. The van der Waals surface area contributed by atoms with Gasteiger partial charge in [-0.05, 0) is 40.6 Å². The van der Waals surface area contributed by atoms with Gasteiger partial charge in [0, 0.05) is 6.04 Å². The molecule has 1 aliphatic rings. The van der Waals surface area contributed by atoms with Gasteiger partial charge in [0.25, 0.3) is 5.56 Å². The third kappa shape index (κ3) is 2.97. The molecule has 3 unspecified atom stereocenters. The fourth-order valence-electron chi connectivity index (χ4n) is 3.05. The molecule has 0 bridgehead atoms. The number of hydrogen-bond acceptors (Lipinski definition) is 3. The summed E-state index contributed by atoms with van der Waals surface area (Å²) >= 11 is 3.39. The van der Waals surface area contributed by atoms with Crippen molar-refractivity contribution in [2.45, 2.75) is 45.7 Å². The molecule has 1 heterocycles. The molecule has 2 rings (SSSR count). The highest BCUT2D eigenvalue weighted by molar-refractivity contribution is 9.10. The number of hydrogen-bond donors (Lipinski definition) is 1. The Labute approximate surface area is 128 Å². The molecule has 3 atom stereocenters. The van der Waals surface area contributed by atoms with Crippen molar-refractivity contribution < 1.29 is 0 Å². The van der Waals surface area contributed by atoms with E-state index in [2.05, 4.69) is 46.8 Å². The monoisotopic (exact) mass is 339 g/mol. The summed E-state index contributed by atoms with van der Waals surface area (Å²) in [5.74, 6) is 1.41. The predicted octanol–water partition coefficient (Wildman–Crippen LogP) is 3.43. The van der Waals surface area contributed by atoms with Gasteiger partial charge in [-0.15, -0.1) is 6.58 Å². The Bertz CT molecular complexity index is 540. The molecule has 1 fully saturated rings. The van der Waals surface area contributed by atoms with Gasteiger partial charge >= 0.3 is 0 Å². The first-order valence-electron chi connectivity index (χ1n) is 7.21. The number of nitrogens with one attached hydrogen (secondary N) is 1. The van der Waals surface area contributed by atoms with Crippen LogP contribution in [0.2, 0.25) is 0 Å². The fourth-order valence-corrected chi connectivity index (χ4v) is 3.47. The van der Waals surface area contributed by atoms with E-state index >= 15 is 0 Å². The van der Waals surface area contributed by atoms with Crippen molar-refractivity contribution in [3.63, 3.8) is 0 Å². The Balaban J connectivity index is 2.17. The lowest BCUT2D eigenvalue weighted by atomic mass is 9.93. The second kappa shape index (κ2) is 6.57. The van der Waals surface area contributed by atoms with Gasteiger partial charge in [0.05, 0.1) is 18.4 Å². The molecule has 0 spiro atoms. The van der Waals surface area contributed by atoms with E-state index in [4.69, 9.17) is 0 Å². The lowest BCUT2D eigenvalue weighted by molar-refractivity contribution is 0.391. The molecule has 0 radical (unpaired) electrons. The first kappa shape index (κ1) is 15.3. The van der Waals surface area contributed by atoms with Crippen LogP contribution < -0.4 is 10.9 Å². The van der Waals surface area contributed by atoms with Crippen LogP contribution in [0.5, 0.6) is 0 Å². The molecule has 0 amide bonds. The lowest BCUT2D eigenvalue weighted by Gasteiger charge is -2.22. The smallest absolute Gasteiger partial charge is 0.283 e. The van der Waals surface area contributed by atoms with Crippen molar-refractivity contribution in [3.8, 4) is 0 Å². The van der Waals surface area contributed by atoms with Gasteiger partial charge < -0.3 is 5.32 Å². The van der Waals surface area contributed by atoms with Gasteiger partial charge in [0.2, 0.25) is 0 Å². The summed E-state index contributed by atoms with van der Waals surface area (Å²) in [6, 6.07) is 0.424.